The molecule has 5 nitrogen and oxygen atoms in total. The van der Waals surface area contributed by atoms with Crippen LogP contribution in [-0.2, 0) is 6.54 Å². The fraction of sp³-hybridized carbons (Fsp3) is 0.292. The summed E-state index contributed by atoms with van der Waals surface area (Å²) < 4.78 is 2.91. The van der Waals surface area contributed by atoms with Crippen molar-refractivity contribution in [1.82, 2.24) is 14.8 Å². The third kappa shape index (κ3) is 4.85. The highest BCUT2D eigenvalue weighted by Gasteiger charge is 2.22. The summed E-state index contributed by atoms with van der Waals surface area (Å²) in [5.74, 6) is 0.928. The van der Waals surface area contributed by atoms with Crippen molar-refractivity contribution in [2.24, 2.45) is 0 Å². The number of hydrogen-bond donors (Lipinski definition) is 0. The Labute approximate surface area is 201 Å². The Morgan fingerprint density at radius 3 is 2.56 bits per heavy atom. The van der Waals surface area contributed by atoms with Crippen molar-refractivity contribution in [2.75, 3.05) is 17.2 Å². The van der Waals surface area contributed by atoms with E-state index in [1.165, 1.54) is 11.3 Å². The van der Waals surface area contributed by atoms with E-state index in [0.29, 0.717) is 28.8 Å². The third-order valence-electron chi connectivity index (χ3n) is 5.17. The van der Waals surface area contributed by atoms with Crippen LogP contribution in [0.25, 0.3) is 10.2 Å². The summed E-state index contributed by atoms with van der Waals surface area (Å²) in [6.45, 7) is 9.17. The minimum absolute atomic E-state index is 0.0672. The first-order valence-electron chi connectivity index (χ1n) is 10.5. The highest BCUT2D eigenvalue weighted by Crippen LogP contribution is 2.34. The molecule has 0 aliphatic heterocycles. The summed E-state index contributed by atoms with van der Waals surface area (Å²) in [5, 5.41) is 5.90. The van der Waals surface area contributed by atoms with Crippen LogP contribution in [0.15, 0.2) is 47.4 Å². The molecule has 0 aliphatic rings. The van der Waals surface area contributed by atoms with Crippen LogP contribution in [0.5, 0.6) is 0 Å². The van der Waals surface area contributed by atoms with Crippen LogP contribution < -0.4 is 4.90 Å². The van der Waals surface area contributed by atoms with Gasteiger partial charge in [0.1, 0.15) is 0 Å². The molecule has 0 spiro atoms. The highest BCUT2D eigenvalue weighted by molar-refractivity contribution is 7.99. The van der Waals surface area contributed by atoms with E-state index in [4.69, 9.17) is 16.6 Å². The van der Waals surface area contributed by atoms with Crippen molar-refractivity contribution < 1.29 is 4.79 Å². The standard InChI is InChI=1S/C24H25ClN4OS2/c1-5-31-20-8-6-18(7-9-20)23(30)28(10-11-29-17(4)13-16(3)27-29)24-26-22-15(2)12-19(25)14-21(22)32-24/h6-9,12-14H,5,10-11H2,1-4H3. The van der Waals surface area contributed by atoms with Gasteiger partial charge in [0.05, 0.1) is 22.5 Å². The Bertz CT molecular complexity index is 1260. The van der Waals surface area contributed by atoms with Crippen LogP contribution in [0.1, 0.15) is 34.2 Å². The third-order valence-corrected chi connectivity index (χ3v) is 7.30. The Morgan fingerprint density at radius 2 is 1.91 bits per heavy atom. The van der Waals surface area contributed by atoms with E-state index in [-0.39, 0.29) is 5.91 Å². The number of hydrogen-bond acceptors (Lipinski definition) is 5. The van der Waals surface area contributed by atoms with Gasteiger partial charge in [-0.15, -0.1) is 11.8 Å². The SMILES string of the molecule is CCSc1ccc(C(=O)N(CCn2nc(C)cc2C)c2nc3c(C)cc(Cl)cc3s2)cc1. The molecule has 0 fully saturated rings. The smallest absolute Gasteiger partial charge is 0.260 e. The molecule has 8 heteroatoms. The summed E-state index contributed by atoms with van der Waals surface area (Å²) in [7, 11) is 0. The number of halogens is 1. The first-order valence-corrected chi connectivity index (χ1v) is 12.7. The predicted octanol–water partition coefficient (Wildman–Crippen LogP) is 6.53. The molecule has 2 aromatic heterocycles. The summed E-state index contributed by atoms with van der Waals surface area (Å²) in [6.07, 6.45) is 0. The lowest BCUT2D eigenvalue weighted by molar-refractivity contribution is 0.0985. The minimum Gasteiger partial charge on any atom is -0.282 e. The topological polar surface area (TPSA) is 51.0 Å². The van der Waals surface area contributed by atoms with Crippen LogP contribution >= 0.6 is 34.7 Å². The summed E-state index contributed by atoms with van der Waals surface area (Å²) in [5.41, 5.74) is 4.57. The van der Waals surface area contributed by atoms with Gasteiger partial charge in [-0.2, -0.15) is 5.10 Å². The average molecular weight is 485 g/mol. The number of benzene rings is 2. The maximum atomic E-state index is 13.6. The number of carbonyl (C=O) groups excluding carboxylic acids is 1. The normalized spacial score (nSPS) is 11.3. The van der Waals surface area contributed by atoms with Gasteiger partial charge in [-0.1, -0.05) is 29.9 Å². The molecule has 0 atom stereocenters. The molecule has 0 radical (unpaired) electrons. The number of carbonyl (C=O) groups is 1. The van der Waals surface area contributed by atoms with Gasteiger partial charge in [-0.05, 0) is 74.6 Å². The largest absolute Gasteiger partial charge is 0.282 e. The number of anilines is 1. The second-order valence-electron chi connectivity index (χ2n) is 7.63. The van der Waals surface area contributed by atoms with E-state index < -0.39 is 0 Å². The van der Waals surface area contributed by atoms with Gasteiger partial charge in [0.25, 0.3) is 5.91 Å². The molecular weight excluding hydrogens is 460 g/mol. The number of thiazole rings is 1. The quantitative estimate of drug-likeness (QED) is 0.280. The molecule has 166 valence electrons. The average Bonchev–Trinajstić information content (AvgIpc) is 3.31. The molecule has 4 aromatic rings. The fourth-order valence-electron chi connectivity index (χ4n) is 3.65. The number of nitrogens with zero attached hydrogens (tertiary/aromatic N) is 4. The molecule has 32 heavy (non-hydrogen) atoms. The van der Waals surface area contributed by atoms with Crippen molar-refractivity contribution in [3.63, 3.8) is 0 Å². The fourth-order valence-corrected chi connectivity index (χ4v) is 5.76. The van der Waals surface area contributed by atoms with Gasteiger partial charge >= 0.3 is 0 Å². The van der Waals surface area contributed by atoms with E-state index in [9.17, 15) is 4.79 Å². The van der Waals surface area contributed by atoms with E-state index in [2.05, 4.69) is 12.0 Å². The van der Waals surface area contributed by atoms with Crippen molar-refractivity contribution in [2.45, 2.75) is 39.1 Å². The molecule has 2 aromatic carbocycles. The maximum Gasteiger partial charge on any atom is 0.260 e. The Balaban J connectivity index is 1.69. The van der Waals surface area contributed by atoms with E-state index in [1.807, 2.05) is 67.9 Å². The highest BCUT2D eigenvalue weighted by atomic mass is 35.5. The zero-order valence-corrected chi connectivity index (χ0v) is 20.9. The second-order valence-corrected chi connectivity index (χ2v) is 10.4. The second kappa shape index (κ2) is 9.65. The van der Waals surface area contributed by atoms with Crippen molar-refractivity contribution >= 4 is 56.0 Å². The molecule has 1 amide bonds. The first-order chi connectivity index (χ1) is 15.4. The van der Waals surface area contributed by atoms with Crippen molar-refractivity contribution in [3.05, 3.63) is 70.0 Å². The van der Waals surface area contributed by atoms with Crippen molar-refractivity contribution in [3.8, 4) is 0 Å². The molecule has 0 N–H and O–H groups in total. The first kappa shape index (κ1) is 22.8. The van der Waals surface area contributed by atoms with Crippen LogP contribution in [-0.4, -0.2) is 33.0 Å². The Hall–Kier alpha value is -2.35. The lowest BCUT2D eigenvalue weighted by Gasteiger charge is -2.20. The van der Waals surface area contributed by atoms with Crippen LogP contribution in [0.3, 0.4) is 0 Å². The number of aryl methyl sites for hydroxylation is 3. The lowest BCUT2D eigenvalue weighted by atomic mass is 10.2. The predicted molar refractivity (Wildman–Crippen MR) is 136 cm³/mol. The summed E-state index contributed by atoms with van der Waals surface area (Å²) in [4.78, 5) is 21.3. The molecule has 2 heterocycles. The molecule has 0 unspecified atom stereocenters. The van der Waals surface area contributed by atoms with Gasteiger partial charge in [-0.25, -0.2) is 4.98 Å². The lowest BCUT2D eigenvalue weighted by Crippen LogP contribution is -2.34. The number of rotatable bonds is 7. The van der Waals surface area contributed by atoms with Gasteiger partial charge < -0.3 is 0 Å². The molecule has 0 saturated carbocycles. The van der Waals surface area contributed by atoms with Crippen molar-refractivity contribution in [1.29, 1.82) is 0 Å². The molecule has 0 aliphatic carbocycles. The minimum atomic E-state index is -0.0672. The monoisotopic (exact) mass is 484 g/mol. The summed E-state index contributed by atoms with van der Waals surface area (Å²) in [6, 6.07) is 13.6. The molecule has 0 saturated heterocycles. The van der Waals surface area contributed by atoms with Gasteiger partial charge in [0, 0.05) is 27.7 Å². The van der Waals surface area contributed by atoms with Crippen LogP contribution in [0.4, 0.5) is 5.13 Å². The van der Waals surface area contributed by atoms with Gasteiger partial charge in [-0.3, -0.25) is 14.4 Å². The van der Waals surface area contributed by atoms with Crippen LogP contribution in [0.2, 0.25) is 5.02 Å². The van der Waals surface area contributed by atoms with E-state index in [1.54, 1.807) is 16.7 Å². The number of amides is 1. The summed E-state index contributed by atoms with van der Waals surface area (Å²) >= 11 is 9.50. The van der Waals surface area contributed by atoms with Gasteiger partial charge in [0.2, 0.25) is 0 Å². The Kier molecular flexibility index (Phi) is 6.88. The van der Waals surface area contributed by atoms with Crippen LogP contribution in [0, 0.1) is 20.8 Å². The zero-order valence-electron chi connectivity index (χ0n) is 18.6. The maximum absolute atomic E-state index is 13.6. The number of aromatic nitrogens is 3. The molecule has 0 bridgehead atoms. The molecular formula is C24H25ClN4OS2. The Morgan fingerprint density at radius 1 is 1.16 bits per heavy atom. The number of thioether (sulfide) groups is 1. The van der Waals surface area contributed by atoms with E-state index in [0.717, 1.165) is 37.8 Å². The van der Waals surface area contributed by atoms with E-state index >= 15 is 0 Å². The van der Waals surface area contributed by atoms with Gasteiger partial charge in [0.15, 0.2) is 5.13 Å². The molecule has 4 rings (SSSR count). The zero-order chi connectivity index (χ0) is 22.8. The number of fused-ring (bicyclic) bond motifs is 1.